The minimum absolute atomic E-state index is 0.0567. The van der Waals surface area contributed by atoms with Crippen molar-refractivity contribution in [1.29, 1.82) is 0 Å². The molecule has 72 valence electrons. The van der Waals surface area contributed by atoms with Gasteiger partial charge in [0.15, 0.2) is 5.78 Å². The Morgan fingerprint density at radius 3 is 2.43 bits per heavy atom. The first-order chi connectivity index (χ1) is 6.74. The van der Waals surface area contributed by atoms with Gasteiger partial charge in [0.25, 0.3) is 0 Å². The van der Waals surface area contributed by atoms with Gasteiger partial charge >= 0.3 is 0 Å². The molecule has 1 rings (SSSR count). The lowest BCUT2D eigenvalue weighted by Gasteiger charge is -1.95. The molecule has 0 bridgehead atoms. The van der Waals surface area contributed by atoms with Crippen LogP contribution in [0.2, 0.25) is 0 Å². The third-order valence-corrected chi connectivity index (χ3v) is 1.85. The second kappa shape index (κ2) is 5.18. The van der Waals surface area contributed by atoms with E-state index in [0.717, 1.165) is 11.1 Å². The van der Waals surface area contributed by atoms with Crippen LogP contribution >= 0.6 is 0 Å². The highest BCUT2D eigenvalue weighted by Gasteiger charge is 1.99. The maximum Gasteiger partial charge on any atom is 0.186 e. The average molecular weight is 186 g/mol. The summed E-state index contributed by atoms with van der Waals surface area (Å²) in [5.74, 6) is 0.0567. The molecule has 14 heavy (non-hydrogen) atoms. The van der Waals surface area contributed by atoms with Crippen molar-refractivity contribution in [2.45, 2.75) is 13.8 Å². The fourth-order valence-electron chi connectivity index (χ4n) is 1.20. The summed E-state index contributed by atoms with van der Waals surface area (Å²) < 4.78 is 0. The van der Waals surface area contributed by atoms with E-state index in [4.69, 9.17) is 0 Å². The molecule has 0 spiro atoms. The Balaban J connectivity index is 2.83. The molecule has 0 saturated carbocycles. The number of benzene rings is 1. The molecular formula is C13H14O. The predicted molar refractivity (Wildman–Crippen MR) is 59.3 cm³/mol. The van der Waals surface area contributed by atoms with Gasteiger partial charge < -0.3 is 0 Å². The summed E-state index contributed by atoms with van der Waals surface area (Å²) in [6, 6.07) is 9.28. The van der Waals surface area contributed by atoms with Gasteiger partial charge in [-0.05, 0) is 25.5 Å². The largest absolute Gasteiger partial charge is 0.289 e. The molecule has 0 aromatic heterocycles. The molecule has 0 aliphatic rings. The summed E-state index contributed by atoms with van der Waals surface area (Å²) in [6.45, 7) is 3.85. The Morgan fingerprint density at radius 1 is 1.21 bits per heavy atom. The van der Waals surface area contributed by atoms with Crippen molar-refractivity contribution in [3.63, 3.8) is 0 Å². The van der Waals surface area contributed by atoms with E-state index >= 15 is 0 Å². The number of hydrogen-bond donors (Lipinski definition) is 0. The first-order valence-corrected chi connectivity index (χ1v) is 4.64. The molecule has 0 amide bonds. The van der Waals surface area contributed by atoms with E-state index in [9.17, 15) is 4.79 Å². The van der Waals surface area contributed by atoms with Crippen molar-refractivity contribution >= 4 is 5.78 Å². The second-order valence-corrected chi connectivity index (χ2v) is 3.12. The molecule has 0 aliphatic heterocycles. The van der Waals surface area contributed by atoms with Gasteiger partial charge in [-0.15, -0.1) is 0 Å². The summed E-state index contributed by atoms with van der Waals surface area (Å²) in [4.78, 5) is 11.6. The third-order valence-electron chi connectivity index (χ3n) is 1.85. The molecule has 0 atom stereocenters. The maximum absolute atomic E-state index is 11.6. The minimum atomic E-state index is 0.0567. The summed E-state index contributed by atoms with van der Waals surface area (Å²) >= 11 is 0. The van der Waals surface area contributed by atoms with Crippen LogP contribution in [0.25, 0.3) is 0 Å². The molecule has 1 aromatic carbocycles. The highest BCUT2D eigenvalue weighted by atomic mass is 16.1. The van der Waals surface area contributed by atoms with E-state index in [2.05, 4.69) is 0 Å². The van der Waals surface area contributed by atoms with Crippen molar-refractivity contribution in [3.8, 4) is 0 Å². The Hall–Kier alpha value is -1.63. The van der Waals surface area contributed by atoms with Gasteiger partial charge in [0.05, 0.1) is 0 Å². The van der Waals surface area contributed by atoms with Gasteiger partial charge in [0.2, 0.25) is 0 Å². The lowest BCUT2D eigenvalue weighted by atomic mass is 10.1. The summed E-state index contributed by atoms with van der Waals surface area (Å²) in [5.41, 5.74) is 1.71. The quantitative estimate of drug-likeness (QED) is 0.401. The molecule has 0 unspecified atom stereocenters. The molecule has 0 aliphatic carbocycles. The molecule has 1 heteroatoms. The monoisotopic (exact) mass is 186 g/mol. The normalized spacial score (nSPS) is 12.0. The van der Waals surface area contributed by atoms with Crippen LogP contribution in [0.5, 0.6) is 0 Å². The standard InChI is InChI=1S/C13H14O/c1-3-7-11(2)10-13(14)12-8-5-4-6-9-12/h3-10H,1-2H3/b7-3+,11-10+. The average Bonchev–Trinajstić information content (AvgIpc) is 2.19. The van der Waals surface area contributed by atoms with E-state index in [1.54, 1.807) is 6.08 Å². The van der Waals surface area contributed by atoms with Crippen LogP contribution in [0, 0.1) is 0 Å². The van der Waals surface area contributed by atoms with Crippen LogP contribution in [-0.4, -0.2) is 5.78 Å². The maximum atomic E-state index is 11.6. The van der Waals surface area contributed by atoms with Crippen LogP contribution in [0.15, 0.2) is 54.1 Å². The zero-order valence-corrected chi connectivity index (χ0v) is 8.53. The zero-order valence-electron chi connectivity index (χ0n) is 8.53. The molecule has 1 aromatic rings. The summed E-state index contributed by atoms with van der Waals surface area (Å²) in [7, 11) is 0. The fourth-order valence-corrected chi connectivity index (χ4v) is 1.20. The van der Waals surface area contributed by atoms with Crippen LogP contribution in [0.4, 0.5) is 0 Å². The number of carbonyl (C=O) groups excluding carboxylic acids is 1. The Morgan fingerprint density at radius 2 is 1.86 bits per heavy atom. The molecule has 0 fully saturated rings. The van der Waals surface area contributed by atoms with Gasteiger partial charge in [0, 0.05) is 5.56 Å². The molecule has 0 N–H and O–H groups in total. The van der Waals surface area contributed by atoms with E-state index in [1.807, 2.05) is 56.3 Å². The third kappa shape index (κ3) is 3.02. The molecular weight excluding hydrogens is 172 g/mol. The molecule has 0 radical (unpaired) electrons. The molecule has 0 saturated heterocycles. The lowest BCUT2D eigenvalue weighted by Crippen LogP contribution is -1.94. The lowest BCUT2D eigenvalue weighted by molar-refractivity contribution is 0.104. The van der Waals surface area contributed by atoms with Crippen molar-refractivity contribution < 1.29 is 4.79 Å². The number of hydrogen-bond acceptors (Lipinski definition) is 1. The van der Waals surface area contributed by atoms with E-state index in [-0.39, 0.29) is 5.78 Å². The fraction of sp³-hybridized carbons (Fsp3) is 0.154. The van der Waals surface area contributed by atoms with Crippen LogP contribution in [-0.2, 0) is 0 Å². The van der Waals surface area contributed by atoms with Crippen molar-refractivity contribution in [2.24, 2.45) is 0 Å². The van der Waals surface area contributed by atoms with Gasteiger partial charge in [-0.3, -0.25) is 4.79 Å². The highest BCUT2D eigenvalue weighted by molar-refractivity contribution is 6.05. The van der Waals surface area contributed by atoms with Gasteiger partial charge in [-0.2, -0.15) is 0 Å². The first-order valence-electron chi connectivity index (χ1n) is 4.64. The van der Waals surface area contributed by atoms with E-state index in [0.29, 0.717) is 0 Å². The minimum Gasteiger partial charge on any atom is -0.289 e. The van der Waals surface area contributed by atoms with E-state index < -0.39 is 0 Å². The van der Waals surface area contributed by atoms with Crippen LogP contribution < -0.4 is 0 Å². The molecule has 1 nitrogen and oxygen atoms in total. The van der Waals surface area contributed by atoms with Gasteiger partial charge in [-0.25, -0.2) is 0 Å². The summed E-state index contributed by atoms with van der Waals surface area (Å²) in [5, 5.41) is 0. The Bertz CT molecular complexity index is 358. The van der Waals surface area contributed by atoms with Crippen molar-refractivity contribution in [2.75, 3.05) is 0 Å². The van der Waals surface area contributed by atoms with Crippen LogP contribution in [0.3, 0.4) is 0 Å². The predicted octanol–water partition coefficient (Wildman–Crippen LogP) is 3.39. The Labute approximate surface area is 84.8 Å². The Kier molecular flexibility index (Phi) is 3.86. The number of ketones is 1. The van der Waals surface area contributed by atoms with Crippen molar-refractivity contribution in [3.05, 3.63) is 59.7 Å². The van der Waals surface area contributed by atoms with E-state index in [1.165, 1.54) is 0 Å². The summed E-state index contributed by atoms with van der Waals surface area (Å²) in [6.07, 6.45) is 5.49. The highest BCUT2D eigenvalue weighted by Crippen LogP contribution is 2.04. The number of carbonyl (C=O) groups is 1. The smallest absolute Gasteiger partial charge is 0.186 e. The van der Waals surface area contributed by atoms with Gasteiger partial charge in [-0.1, -0.05) is 42.5 Å². The number of allylic oxidation sites excluding steroid dienone is 4. The number of rotatable bonds is 3. The van der Waals surface area contributed by atoms with Crippen molar-refractivity contribution in [1.82, 2.24) is 0 Å². The topological polar surface area (TPSA) is 17.1 Å². The second-order valence-electron chi connectivity index (χ2n) is 3.12. The van der Waals surface area contributed by atoms with Crippen LogP contribution in [0.1, 0.15) is 24.2 Å². The SMILES string of the molecule is C/C=C/C(C)=C/C(=O)c1ccccc1. The molecule has 0 heterocycles. The first kappa shape index (κ1) is 10.5. The zero-order chi connectivity index (χ0) is 10.4. The van der Waals surface area contributed by atoms with Gasteiger partial charge in [0.1, 0.15) is 0 Å².